The Morgan fingerprint density at radius 3 is 2.32 bits per heavy atom. The van der Waals surface area contributed by atoms with Crippen LogP contribution < -0.4 is 21.3 Å². The number of hydrogen-bond acceptors (Lipinski definition) is 9. The first-order valence-electron chi connectivity index (χ1n) is 19.6. The first-order chi connectivity index (χ1) is 27.2. The van der Waals surface area contributed by atoms with Gasteiger partial charge in [0.05, 0.1) is 12.1 Å². The molecule has 0 spiro atoms. The Labute approximate surface area is 329 Å². The van der Waals surface area contributed by atoms with Gasteiger partial charge in [0.15, 0.2) is 0 Å². The highest BCUT2D eigenvalue weighted by Crippen LogP contribution is 2.28. The molecular formula is C40H51F2N7O8. The molecule has 8 atom stereocenters. The van der Waals surface area contributed by atoms with Gasteiger partial charge in [-0.1, -0.05) is 24.6 Å². The number of piperidine rings is 1. The van der Waals surface area contributed by atoms with Gasteiger partial charge in [0, 0.05) is 37.8 Å². The lowest BCUT2D eigenvalue weighted by molar-refractivity contribution is -0.159. The van der Waals surface area contributed by atoms with Crippen LogP contribution in [0.1, 0.15) is 63.5 Å². The Morgan fingerprint density at radius 1 is 0.895 bits per heavy atom. The molecule has 6 amide bonds. The summed E-state index contributed by atoms with van der Waals surface area (Å²) in [5.74, 6) is -5.20. The van der Waals surface area contributed by atoms with Crippen molar-refractivity contribution in [3.05, 3.63) is 65.2 Å². The van der Waals surface area contributed by atoms with Crippen molar-refractivity contribution in [2.75, 3.05) is 31.6 Å². The van der Waals surface area contributed by atoms with Crippen molar-refractivity contribution in [3.8, 4) is 0 Å². The van der Waals surface area contributed by atoms with Gasteiger partial charge in [-0.2, -0.15) is 0 Å². The van der Waals surface area contributed by atoms with Crippen molar-refractivity contribution >= 4 is 41.3 Å². The molecule has 0 radical (unpaired) electrons. The summed E-state index contributed by atoms with van der Waals surface area (Å²) in [6, 6.07) is 2.07. The predicted octanol–water partition coefficient (Wildman–Crippen LogP) is 1.95. The van der Waals surface area contributed by atoms with Crippen molar-refractivity contribution in [2.45, 2.75) is 108 Å². The predicted molar refractivity (Wildman–Crippen MR) is 202 cm³/mol. The summed E-state index contributed by atoms with van der Waals surface area (Å²) in [4.78, 5) is 87.8. The number of aliphatic hydroxyl groups is 1. The van der Waals surface area contributed by atoms with Crippen LogP contribution in [0.25, 0.3) is 0 Å². The number of nitrogens with zero attached hydrogens (tertiary/aromatic N) is 3. The number of amides is 6. The van der Waals surface area contributed by atoms with Crippen LogP contribution in [0.3, 0.4) is 0 Å². The third kappa shape index (κ3) is 9.87. The zero-order valence-electron chi connectivity index (χ0n) is 32.3. The van der Waals surface area contributed by atoms with Gasteiger partial charge in [-0.15, -0.1) is 0 Å². The van der Waals surface area contributed by atoms with Crippen molar-refractivity contribution in [2.24, 2.45) is 5.92 Å². The molecule has 4 aliphatic heterocycles. The number of benzene rings is 2. The minimum atomic E-state index is -1.57. The van der Waals surface area contributed by atoms with E-state index in [0.29, 0.717) is 44.0 Å². The SMILES string of the molecule is Cc1ccc(NC(=O)N[C@@H](Cc2cc(F)cc(F)c2)C(=O)N[C@H]2COC(=O)[C@@H]3C[C@@H](C)CN3C(=O)[C@H](C)NC(O)[C@@H]3CCCCN3C(=O)[C@@H]3CCCN3C2=O)cc1. The molecule has 2 aromatic carbocycles. The molecule has 57 heavy (non-hydrogen) atoms. The second kappa shape index (κ2) is 18.0. The second-order valence-corrected chi connectivity index (χ2v) is 15.7. The molecule has 0 saturated carbocycles. The van der Waals surface area contributed by atoms with E-state index >= 15 is 0 Å². The third-order valence-corrected chi connectivity index (χ3v) is 11.2. The van der Waals surface area contributed by atoms with Crippen molar-refractivity contribution in [1.82, 2.24) is 30.7 Å². The van der Waals surface area contributed by atoms with Crippen molar-refractivity contribution < 1.29 is 47.4 Å². The zero-order chi connectivity index (χ0) is 41.0. The number of esters is 1. The van der Waals surface area contributed by atoms with Gasteiger partial charge < -0.3 is 40.5 Å². The Morgan fingerprint density at radius 2 is 1.60 bits per heavy atom. The number of halogens is 2. The smallest absolute Gasteiger partial charge is 0.328 e. The van der Waals surface area contributed by atoms with Crippen LogP contribution in [0, 0.1) is 24.5 Å². The van der Waals surface area contributed by atoms with Gasteiger partial charge in [-0.25, -0.2) is 18.4 Å². The van der Waals surface area contributed by atoms with Gasteiger partial charge in [-0.05, 0) is 88.1 Å². The maximum absolute atomic E-state index is 14.5. The van der Waals surface area contributed by atoms with Gasteiger partial charge in [0.2, 0.25) is 23.6 Å². The maximum atomic E-state index is 14.5. The van der Waals surface area contributed by atoms with Crippen molar-refractivity contribution in [3.63, 3.8) is 0 Å². The molecular weight excluding hydrogens is 744 g/mol. The van der Waals surface area contributed by atoms with Gasteiger partial charge in [0.1, 0.15) is 48.6 Å². The van der Waals surface area contributed by atoms with E-state index in [4.69, 9.17) is 4.74 Å². The Bertz CT molecular complexity index is 1830. The number of nitrogens with one attached hydrogen (secondary N) is 4. The Balaban J connectivity index is 1.31. The number of carbonyl (C=O) groups excluding carboxylic acids is 6. The summed E-state index contributed by atoms with van der Waals surface area (Å²) < 4.78 is 34.2. The Hall–Kier alpha value is -5.16. The molecule has 4 saturated heterocycles. The van der Waals surface area contributed by atoms with E-state index in [1.165, 1.54) is 9.80 Å². The third-order valence-electron chi connectivity index (χ3n) is 11.2. The molecule has 4 aliphatic rings. The fraction of sp³-hybridized carbons (Fsp3) is 0.550. The highest BCUT2D eigenvalue weighted by atomic mass is 19.1. The monoisotopic (exact) mass is 795 g/mol. The van der Waals surface area contributed by atoms with E-state index in [1.807, 2.05) is 13.8 Å². The number of anilines is 1. The number of rotatable bonds is 6. The van der Waals surface area contributed by atoms with Crippen LogP contribution in [0.15, 0.2) is 42.5 Å². The average molecular weight is 796 g/mol. The van der Waals surface area contributed by atoms with E-state index in [2.05, 4.69) is 21.3 Å². The van der Waals surface area contributed by atoms with Gasteiger partial charge >= 0.3 is 12.0 Å². The molecule has 0 aliphatic carbocycles. The molecule has 4 heterocycles. The van der Waals surface area contributed by atoms with E-state index in [9.17, 15) is 42.7 Å². The Kier molecular flexibility index (Phi) is 13.1. The molecule has 17 heteroatoms. The van der Waals surface area contributed by atoms with Gasteiger partial charge in [-0.3, -0.25) is 24.5 Å². The standard InChI is InChI=1S/C40H51F2N7O8/c1-22-9-11-28(12-10-22)44-40(56)46-29(18-25-16-26(41)19-27(42)17-25)34(50)45-30-21-57-39(55)33-15-23(2)20-49(33)36(52)24(3)43-35(51)31-7-4-5-13-47(31)38(54)32-8-6-14-48(32)37(30)53/h9-12,16-17,19,23-24,29-33,35,43,51H,4-8,13-15,18,20-21H2,1-3H3,(H,45,50)(H2,44,46,56)/t23-,24+,29+,30+,31+,32+,33+,35?/m1/s1. The molecule has 1 unspecified atom stereocenters. The van der Waals surface area contributed by atoms with Crippen LogP contribution in [0.5, 0.6) is 0 Å². The topological polar surface area (TPSA) is 190 Å². The number of hydrogen-bond donors (Lipinski definition) is 5. The normalized spacial score (nSPS) is 27.9. The summed E-state index contributed by atoms with van der Waals surface area (Å²) in [6.07, 6.45) is 1.22. The molecule has 15 nitrogen and oxygen atoms in total. The molecule has 308 valence electrons. The summed E-state index contributed by atoms with van der Waals surface area (Å²) in [5.41, 5.74) is 1.38. The lowest BCUT2D eigenvalue weighted by Gasteiger charge is -2.42. The van der Waals surface area contributed by atoms with E-state index in [-0.39, 0.29) is 31.0 Å². The minimum Gasteiger partial charge on any atom is -0.461 e. The van der Waals surface area contributed by atoms with E-state index in [0.717, 1.165) is 24.1 Å². The quantitative estimate of drug-likeness (QED) is 0.273. The minimum absolute atomic E-state index is 0.0336. The number of fused-ring (bicyclic) bond motifs is 3. The summed E-state index contributed by atoms with van der Waals surface area (Å²) in [6.45, 7) is 5.36. The van der Waals surface area contributed by atoms with Gasteiger partial charge in [0.25, 0.3) is 0 Å². The second-order valence-electron chi connectivity index (χ2n) is 15.7. The molecule has 0 aromatic heterocycles. The van der Waals surface area contributed by atoms with Crippen LogP contribution in [0.4, 0.5) is 19.3 Å². The molecule has 5 N–H and O–H groups in total. The largest absolute Gasteiger partial charge is 0.461 e. The number of ether oxygens (including phenoxy) is 1. The number of cyclic esters (lactones) is 1. The fourth-order valence-electron chi connectivity index (χ4n) is 8.28. The number of carbonyl (C=O) groups is 6. The first kappa shape index (κ1) is 41.5. The maximum Gasteiger partial charge on any atom is 0.328 e. The zero-order valence-corrected chi connectivity index (χ0v) is 32.3. The van der Waals surface area contributed by atoms with E-state index in [1.54, 1.807) is 36.1 Å². The van der Waals surface area contributed by atoms with Crippen LogP contribution in [-0.2, 0) is 35.1 Å². The highest BCUT2D eigenvalue weighted by Gasteiger charge is 2.46. The highest BCUT2D eigenvalue weighted by molar-refractivity contribution is 5.97. The summed E-state index contributed by atoms with van der Waals surface area (Å²) in [5, 5.41) is 22.1. The average Bonchev–Trinajstić information content (AvgIpc) is 3.82. The number of aryl methyl sites for hydroxylation is 1. The fourth-order valence-corrected chi connectivity index (χ4v) is 8.28. The van der Waals surface area contributed by atoms with E-state index < -0.39 is 103 Å². The number of aliphatic hydroxyl groups excluding tert-OH is 1. The molecule has 4 fully saturated rings. The van der Waals surface area contributed by atoms with Crippen molar-refractivity contribution in [1.29, 1.82) is 0 Å². The lowest BCUT2D eigenvalue weighted by Crippen LogP contribution is -2.63. The summed E-state index contributed by atoms with van der Waals surface area (Å²) in [7, 11) is 0. The number of urea groups is 1. The van der Waals surface area contributed by atoms with Crippen LogP contribution in [-0.4, -0.2) is 124 Å². The molecule has 2 aromatic rings. The first-order valence-corrected chi connectivity index (χ1v) is 19.6. The molecule has 6 rings (SSSR count). The van der Waals surface area contributed by atoms with Crippen LogP contribution in [0.2, 0.25) is 0 Å². The van der Waals surface area contributed by atoms with Crippen LogP contribution >= 0.6 is 0 Å². The molecule has 0 bridgehead atoms. The lowest BCUT2D eigenvalue weighted by atomic mass is 9.98. The summed E-state index contributed by atoms with van der Waals surface area (Å²) >= 11 is 0.